The summed E-state index contributed by atoms with van der Waals surface area (Å²) in [5.41, 5.74) is 0. The first-order valence-corrected chi connectivity index (χ1v) is 29.4. The molecule has 0 rings (SSSR count). The van der Waals surface area contributed by atoms with Crippen LogP contribution >= 0.6 is 0 Å². The third-order valence-corrected chi connectivity index (χ3v) is 12.7. The van der Waals surface area contributed by atoms with Crippen LogP contribution in [0.5, 0.6) is 0 Å². The number of ether oxygens (including phenoxy) is 3. The maximum Gasteiger partial charge on any atom is 0.306 e. The standard InChI is InChI=1S/C63H110O6/c1-4-7-10-13-16-19-22-25-28-30-31-33-35-38-41-44-47-50-53-56-62(65)68-59-60(58-67-61(64)55-52-49-46-43-40-37-34-27-24-21-18-15-12-9-6-3)69-63(66)57-54-51-48-45-42-39-36-32-29-26-23-20-17-14-11-8-5-2/h8,11,17,20,26,29-31,36,39,45,48,60H,4-7,9-10,12-16,18-19,21-25,27-28,32-35,37-38,40-44,46-47,49-59H2,1-3H3/b11-8-,20-17-,29-26-,31-30-,39-36-,48-45-. The lowest BCUT2D eigenvalue weighted by Crippen LogP contribution is -2.30. The normalized spacial score (nSPS) is 12.6. The molecule has 0 aliphatic rings. The molecule has 0 N–H and O–H groups in total. The van der Waals surface area contributed by atoms with E-state index < -0.39 is 6.10 Å². The first kappa shape index (κ1) is 65.8. The Morgan fingerprint density at radius 2 is 0.580 bits per heavy atom. The molecule has 1 unspecified atom stereocenters. The molecule has 0 saturated carbocycles. The van der Waals surface area contributed by atoms with Gasteiger partial charge in [-0.05, 0) is 83.5 Å². The van der Waals surface area contributed by atoms with E-state index in [9.17, 15) is 14.4 Å². The minimum absolute atomic E-state index is 0.0968. The largest absolute Gasteiger partial charge is 0.462 e. The van der Waals surface area contributed by atoms with Gasteiger partial charge in [0.2, 0.25) is 0 Å². The van der Waals surface area contributed by atoms with Crippen LogP contribution in [0.25, 0.3) is 0 Å². The summed E-state index contributed by atoms with van der Waals surface area (Å²) in [4.78, 5) is 38.2. The monoisotopic (exact) mass is 963 g/mol. The zero-order valence-corrected chi connectivity index (χ0v) is 45.6. The zero-order valence-electron chi connectivity index (χ0n) is 45.6. The Bertz CT molecular complexity index is 1290. The van der Waals surface area contributed by atoms with Crippen molar-refractivity contribution in [2.24, 2.45) is 0 Å². The van der Waals surface area contributed by atoms with E-state index in [1.165, 1.54) is 167 Å². The maximum absolute atomic E-state index is 12.8. The van der Waals surface area contributed by atoms with Crippen molar-refractivity contribution >= 4 is 17.9 Å². The molecule has 398 valence electrons. The van der Waals surface area contributed by atoms with Gasteiger partial charge in [0, 0.05) is 19.3 Å². The summed E-state index contributed by atoms with van der Waals surface area (Å²) < 4.78 is 16.8. The van der Waals surface area contributed by atoms with Gasteiger partial charge in [-0.1, -0.05) is 261 Å². The highest BCUT2D eigenvalue weighted by Crippen LogP contribution is 2.16. The average molecular weight is 964 g/mol. The molecule has 0 aromatic rings. The van der Waals surface area contributed by atoms with Gasteiger partial charge in [0.25, 0.3) is 0 Å². The molecular formula is C63H110O6. The third kappa shape index (κ3) is 55.6. The second-order valence-electron chi connectivity index (χ2n) is 19.5. The molecule has 0 aliphatic heterocycles. The summed E-state index contributed by atoms with van der Waals surface area (Å²) in [6, 6.07) is 0. The number of unbranched alkanes of at least 4 members (excludes halogenated alkanes) is 30. The zero-order chi connectivity index (χ0) is 50.0. The summed E-state index contributed by atoms with van der Waals surface area (Å²) in [7, 11) is 0. The van der Waals surface area contributed by atoms with Crippen LogP contribution < -0.4 is 0 Å². The molecule has 0 saturated heterocycles. The van der Waals surface area contributed by atoms with E-state index in [1.807, 2.05) is 0 Å². The number of rotatable bonds is 53. The van der Waals surface area contributed by atoms with Crippen molar-refractivity contribution in [3.63, 3.8) is 0 Å². The molecule has 1 atom stereocenters. The van der Waals surface area contributed by atoms with Crippen molar-refractivity contribution in [3.05, 3.63) is 72.9 Å². The number of hydrogen-bond donors (Lipinski definition) is 0. The summed E-state index contributed by atoms with van der Waals surface area (Å²) in [6.07, 6.45) is 73.3. The highest BCUT2D eigenvalue weighted by atomic mass is 16.6. The predicted molar refractivity (Wildman–Crippen MR) is 298 cm³/mol. The summed E-state index contributed by atoms with van der Waals surface area (Å²) in [6.45, 7) is 6.50. The van der Waals surface area contributed by atoms with Crippen LogP contribution in [0.3, 0.4) is 0 Å². The van der Waals surface area contributed by atoms with Gasteiger partial charge in [-0.25, -0.2) is 0 Å². The van der Waals surface area contributed by atoms with Crippen LogP contribution in [0.1, 0.15) is 290 Å². The Labute approximate surface area is 427 Å². The lowest BCUT2D eigenvalue weighted by molar-refractivity contribution is -0.167. The van der Waals surface area contributed by atoms with Gasteiger partial charge in [0.05, 0.1) is 0 Å². The number of allylic oxidation sites excluding steroid dienone is 12. The molecule has 0 heterocycles. The van der Waals surface area contributed by atoms with E-state index >= 15 is 0 Å². The molecule has 69 heavy (non-hydrogen) atoms. The van der Waals surface area contributed by atoms with Gasteiger partial charge in [0.1, 0.15) is 13.2 Å². The Morgan fingerprint density at radius 3 is 0.942 bits per heavy atom. The molecule has 0 fully saturated rings. The molecule has 6 nitrogen and oxygen atoms in total. The van der Waals surface area contributed by atoms with Crippen LogP contribution in [-0.4, -0.2) is 37.2 Å². The van der Waals surface area contributed by atoms with Gasteiger partial charge in [-0.15, -0.1) is 0 Å². The number of hydrogen-bond acceptors (Lipinski definition) is 6. The second kappa shape index (κ2) is 57.4. The van der Waals surface area contributed by atoms with Crippen LogP contribution in [0, 0.1) is 0 Å². The Balaban J connectivity index is 4.44. The van der Waals surface area contributed by atoms with Crippen molar-refractivity contribution < 1.29 is 28.6 Å². The van der Waals surface area contributed by atoms with E-state index in [1.54, 1.807) is 0 Å². The van der Waals surface area contributed by atoms with Crippen LogP contribution in [-0.2, 0) is 28.6 Å². The fraction of sp³-hybridized carbons (Fsp3) is 0.762. The molecule has 6 heteroatoms. The lowest BCUT2D eigenvalue weighted by atomic mass is 10.0. The van der Waals surface area contributed by atoms with Gasteiger partial charge in [-0.3, -0.25) is 14.4 Å². The highest BCUT2D eigenvalue weighted by Gasteiger charge is 2.19. The SMILES string of the molecule is CC/C=C\C/C=C\C/C=C\C/C=C\C/C=C\CCCC(=O)OC(COC(=O)CCCCCCCCC/C=C\CCCCCCCCCC)COC(=O)CCCCCCCCCCCCCCCCC. The van der Waals surface area contributed by atoms with Crippen molar-refractivity contribution in [2.75, 3.05) is 13.2 Å². The highest BCUT2D eigenvalue weighted by molar-refractivity contribution is 5.71. The predicted octanol–water partition coefficient (Wildman–Crippen LogP) is 19.8. The van der Waals surface area contributed by atoms with Gasteiger partial charge >= 0.3 is 17.9 Å². The summed E-state index contributed by atoms with van der Waals surface area (Å²) >= 11 is 0. The quantitative estimate of drug-likeness (QED) is 0.0262. The Kier molecular flexibility index (Phi) is 54.8. The van der Waals surface area contributed by atoms with E-state index in [-0.39, 0.29) is 37.5 Å². The van der Waals surface area contributed by atoms with Crippen molar-refractivity contribution in [1.82, 2.24) is 0 Å². The third-order valence-electron chi connectivity index (χ3n) is 12.7. The fourth-order valence-corrected chi connectivity index (χ4v) is 8.30. The van der Waals surface area contributed by atoms with E-state index in [4.69, 9.17) is 14.2 Å². The minimum atomic E-state index is -0.805. The molecule has 0 bridgehead atoms. The van der Waals surface area contributed by atoms with Crippen LogP contribution in [0.4, 0.5) is 0 Å². The fourth-order valence-electron chi connectivity index (χ4n) is 8.30. The smallest absolute Gasteiger partial charge is 0.306 e. The molecule has 0 aliphatic carbocycles. The van der Waals surface area contributed by atoms with Crippen molar-refractivity contribution in [3.8, 4) is 0 Å². The lowest BCUT2D eigenvalue weighted by Gasteiger charge is -2.18. The second-order valence-corrected chi connectivity index (χ2v) is 19.5. The Morgan fingerprint density at radius 1 is 0.304 bits per heavy atom. The van der Waals surface area contributed by atoms with Gasteiger partial charge in [0.15, 0.2) is 6.10 Å². The minimum Gasteiger partial charge on any atom is -0.462 e. The van der Waals surface area contributed by atoms with Crippen molar-refractivity contribution in [2.45, 2.75) is 297 Å². The molecular weight excluding hydrogens is 853 g/mol. The summed E-state index contributed by atoms with van der Waals surface area (Å²) in [5.74, 6) is -0.949. The first-order valence-electron chi connectivity index (χ1n) is 29.4. The molecule has 0 amide bonds. The van der Waals surface area contributed by atoms with Crippen LogP contribution in [0.2, 0.25) is 0 Å². The molecule has 0 spiro atoms. The van der Waals surface area contributed by atoms with E-state index in [0.717, 1.165) is 77.0 Å². The first-order chi connectivity index (χ1) is 34.0. The number of carbonyl (C=O) groups excluding carboxylic acids is 3. The molecule has 0 aromatic heterocycles. The van der Waals surface area contributed by atoms with Gasteiger partial charge in [-0.2, -0.15) is 0 Å². The van der Waals surface area contributed by atoms with E-state index in [2.05, 4.69) is 93.7 Å². The van der Waals surface area contributed by atoms with Crippen LogP contribution in [0.15, 0.2) is 72.9 Å². The molecule has 0 aromatic carbocycles. The van der Waals surface area contributed by atoms with Crippen molar-refractivity contribution in [1.29, 1.82) is 0 Å². The number of esters is 3. The average Bonchev–Trinajstić information content (AvgIpc) is 3.35. The maximum atomic E-state index is 12.8. The molecule has 0 radical (unpaired) electrons. The Hall–Kier alpha value is -3.15. The summed E-state index contributed by atoms with van der Waals surface area (Å²) in [5, 5.41) is 0. The number of carbonyl (C=O) groups is 3. The van der Waals surface area contributed by atoms with Gasteiger partial charge < -0.3 is 14.2 Å². The topological polar surface area (TPSA) is 78.9 Å². The van der Waals surface area contributed by atoms with E-state index in [0.29, 0.717) is 19.3 Å².